The van der Waals surface area contributed by atoms with Crippen LogP contribution in [-0.4, -0.2) is 22.0 Å². The Labute approximate surface area is 106 Å². The summed E-state index contributed by atoms with van der Waals surface area (Å²) in [6, 6.07) is 4.60. The SMILES string of the molecule is CCC(=O)c1ccc(C(O)C(=O)O)c(I)c1. The van der Waals surface area contributed by atoms with Crippen molar-refractivity contribution in [2.45, 2.75) is 19.4 Å². The highest BCUT2D eigenvalue weighted by molar-refractivity contribution is 14.1. The van der Waals surface area contributed by atoms with Crippen molar-refractivity contribution in [3.8, 4) is 0 Å². The summed E-state index contributed by atoms with van der Waals surface area (Å²) in [6.45, 7) is 1.76. The number of hydrogen-bond acceptors (Lipinski definition) is 3. The maximum Gasteiger partial charge on any atom is 0.337 e. The first-order valence-corrected chi connectivity index (χ1v) is 5.78. The summed E-state index contributed by atoms with van der Waals surface area (Å²) in [5, 5.41) is 18.0. The predicted octanol–water partition coefficient (Wildman–Crippen LogP) is 2.00. The highest BCUT2D eigenvalue weighted by Crippen LogP contribution is 2.22. The molecule has 0 aliphatic heterocycles. The zero-order valence-corrected chi connectivity index (χ0v) is 10.8. The molecule has 1 rings (SSSR count). The third kappa shape index (κ3) is 2.79. The summed E-state index contributed by atoms with van der Waals surface area (Å²) in [5.74, 6) is -1.30. The fourth-order valence-corrected chi connectivity index (χ4v) is 2.07. The molecule has 0 amide bonds. The minimum atomic E-state index is -1.54. The third-order valence-corrected chi connectivity index (χ3v) is 3.11. The Morgan fingerprint density at radius 2 is 2.06 bits per heavy atom. The number of rotatable bonds is 4. The molecule has 0 radical (unpaired) electrons. The summed E-state index contributed by atoms with van der Waals surface area (Å²) in [6.07, 6.45) is -1.14. The lowest BCUT2D eigenvalue weighted by atomic mass is 10.0. The number of Topliss-reactive ketones (excluding diaryl/α,β-unsaturated/α-hetero) is 1. The van der Waals surface area contributed by atoms with E-state index in [4.69, 9.17) is 5.11 Å². The number of carbonyl (C=O) groups is 2. The van der Waals surface area contributed by atoms with E-state index < -0.39 is 12.1 Å². The van der Waals surface area contributed by atoms with Gasteiger partial charge in [0.2, 0.25) is 0 Å². The van der Waals surface area contributed by atoms with Crippen LogP contribution in [0.3, 0.4) is 0 Å². The Kier molecular flexibility index (Phi) is 4.43. The van der Waals surface area contributed by atoms with Crippen LogP contribution in [-0.2, 0) is 4.79 Å². The van der Waals surface area contributed by atoms with Crippen molar-refractivity contribution < 1.29 is 19.8 Å². The second kappa shape index (κ2) is 5.40. The molecule has 4 nitrogen and oxygen atoms in total. The van der Waals surface area contributed by atoms with E-state index in [1.165, 1.54) is 12.1 Å². The summed E-state index contributed by atoms with van der Waals surface area (Å²) in [7, 11) is 0. The van der Waals surface area contributed by atoms with Gasteiger partial charge in [0, 0.05) is 21.1 Å². The normalized spacial score (nSPS) is 12.2. The Bertz CT molecular complexity index is 428. The van der Waals surface area contributed by atoms with Crippen molar-refractivity contribution in [1.29, 1.82) is 0 Å². The number of halogens is 1. The number of ketones is 1. The molecule has 0 aliphatic rings. The lowest BCUT2D eigenvalue weighted by Gasteiger charge is -2.09. The van der Waals surface area contributed by atoms with Crippen molar-refractivity contribution in [1.82, 2.24) is 0 Å². The van der Waals surface area contributed by atoms with Gasteiger partial charge in [-0.1, -0.05) is 19.1 Å². The number of benzene rings is 1. The summed E-state index contributed by atoms with van der Waals surface area (Å²) >= 11 is 1.91. The lowest BCUT2D eigenvalue weighted by Crippen LogP contribution is -2.12. The van der Waals surface area contributed by atoms with E-state index >= 15 is 0 Å². The van der Waals surface area contributed by atoms with Gasteiger partial charge in [-0.25, -0.2) is 4.79 Å². The molecule has 0 saturated heterocycles. The molecule has 0 bridgehead atoms. The van der Waals surface area contributed by atoms with Crippen molar-refractivity contribution in [3.63, 3.8) is 0 Å². The van der Waals surface area contributed by atoms with Crippen molar-refractivity contribution in [2.75, 3.05) is 0 Å². The molecule has 5 heteroatoms. The van der Waals surface area contributed by atoms with Gasteiger partial charge in [-0.15, -0.1) is 0 Å². The first kappa shape index (κ1) is 13.1. The molecule has 1 atom stereocenters. The quantitative estimate of drug-likeness (QED) is 0.652. The average molecular weight is 334 g/mol. The Hall–Kier alpha value is -0.950. The summed E-state index contributed by atoms with van der Waals surface area (Å²) in [5.41, 5.74) is 0.842. The number of aliphatic carboxylic acids is 1. The number of carbonyl (C=O) groups excluding carboxylic acids is 1. The van der Waals surface area contributed by atoms with E-state index in [9.17, 15) is 14.7 Å². The van der Waals surface area contributed by atoms with Crippen molar-refractivity contribution in [2.24, 2.45) is 0 Å². The van der Waals surface area contributed by atoms with E-state index in [1.54, 1.807) is 13.0 Å². The topological polar surface area (TPSA) is 74.6 Å². The number of aliphatic hydroxyl groups is 1. The minimum absolute atomic E-state index is 0.00530. The van der Waals surface area contributed by atoms with Gasteiger partial charge in [0.05, 0.1) is 0 Å². The molecule has 2 N–H and O–H groups in total. The van der Waals surface area contributed by atoms with Crippen LogP contribution in [0.4, 0.5) is 0 Å². The first-order valence-electron chi connectivity index (χ1n) is 4.71. The van der Waals surface area contributed by atoms with E-state index in [1.807, 2.05) is 22.6 Å². The van der Waals surface area contributed by atoms with E-state index in [0.717, 1.165) is 0 Å². The monoisotopic (exact) mass is 334 g/mol. The second-order valence-corrected chi connectivity index (χ2v) is 4.42. The molecule has 0 aliphatic carbocycles. The molecule has 1 unspecified atom stereocenters. The van der Waals surface area contributed by atoms with Gasteiger partial charge in [-0.3, -0.25) is 4.79 Å². The van der Waals surface area contributed by atoms with Crippen LogP contribution in [0.1, 0.15) is 35.4 Å². The predicted molar refractivity (Wildman–Crippen MR) is 66.4 cm³/mol. The third-order valence-electron chi connectivity index (χ3n) is 2.17. The zero-order chi connectivity index (χ0) is 12.3. The summed E-state index contributed by atoms with van der Waals surface area (Å²) < 4.78 is 0.576. The first-order chi connectivity index (χ1) is 7.47. The average Bonchev–Trinajstić information content (AvgIpc) is 2.26. The van der Waals surface area contributed by atoms with Gasteiger partial charge < -0.3 is 10.2 Å². The Balaban J connectivity index is 3.09. The number of carboxylic acids is 1. The van der Waals surface area contributed by atoms with Crippen LogP contribution in [0.15, 0.2) is 18.2 Å². The van der Waals surface area contributed by atoms with E-state index in [-0.39, 0.29) is 5.78 Å². The van der Waals surface area contributed by atoms with E-state index in [2.05, 4.69) is 0 Å². The molecule has 0 fully saturated rings. The van der Waals surface area contributed by atoms with Gasteiger partial charge >= 0.3 is 5.97 Å². The van der Waals surface area contributed by atoms with Gasteiger partial charge in [-0.2, -0.15) is 0 Å². The molecule has 86 valence electrons. The van der Waals surface area contributed by atoms with Crippen LogP contribution < -0.4 is 0 Å². The van der Waals surface area contributed by atoms with Gasteiger partial charge in [0.25, 0.3) is 0 Å². The number of aliphatic hydroxyl groups excluding tert-OH is 1. The minimum Gasteiger partial charge on any atom is -0.479 e. The van der Waals surface area contributed by atoms with Crippen molar-refractivity contribution in [3.05, 3.63) is 32.9 Å². The molecule has 16 heavy (non-hydrogen) atoms. The maximum absolute atomic E-state index is 11.4. The molecule has 1 aromatic rings. The van der Waals surface area contributed by atoms with Gasteiger partial charge in [-0.05, 0) is 28.7 Å². The van der Waals surface area contributed by atoms with Gasteiger partial charge in [0.1, 0.15) is 0 Å². The number of carboxylic acid groups (broad SMARTS) is 1. The molecule has 0 saturated carbocycles. The van der Waals surface area contributed by atoms with Crippen LogP contribution in [0.25, 0.3) is 0 Å². The lowest BCUT2D eigenvalue weighted by molar-refractivity contribution is -0.147. The smallest absolute Gasteiger partial charge is 0.337 e. The molecule has 0 aromatic heterocycles. The van der Waals surface area contributed by atoms with E-state index in [0.29, 0.717) is 21.1 Å². The standard InChI is InChI=1S/C11H11IO4/c1-2-9(13)6-3-4-7(8(12)5-6)10(14)11(15)16/h3-5,10,14H,2H2,1H3,(H,15,16). The second-order valence-electron chi connectivity index (χ2n) is 3.25. The summed E-state index contributed by atoms with van der Waals surface area (Å²) in [4.78, 5) is 22.0. The van der Waals surface area contributed by atoms with Crippen LogP contribution in [0, 0.1) is 3.57 Å². The molecule has 0 heterocycles. The van der Waals surface area contributed by atoms with Crippen molar-refractivity contribution >= 4 is 34.3 Å². The maximum atomic E-state index is 11.4. The fraction of sp³-hybridized carbons (Fsp3) is 0.273. The van der Waals surface area contributed by atoms with Crippen LogP contribution >= 0.6 is 22.6 Å². The number of hydrogen-bond donors (Lipinski definition) is 2. The van der Waals surface area contributed by atoms with Crippen LogP contribution in [0.2, 0.25) is 0 Å². The molecular weight excluding hydrogens is 323 g/mol. The Morgan fingerprint density at radius 3 is 2.50 bits per heavy atom. The fourth-order valence-electron chi connectivity index (χ4n) is 1.26. The molecular formula is C11H11IO4. The molecule has 1 aromatic carbocycles. The molecule has 0 spiro atoms. The highest BCUT2D eigenvalue weighted by Gasteiger charge is 2.19. The zero-order valence-electron chi connectivity index (χ0n) is 8.61. The Morgan fingerprint density at radius 1 is 1.44 bits per heavy atom. The highest BCUT2D eigenvalue weighted by atomic mass is 127. The largest absolute Gasteiger partial charge is 0.479 e. The van der Waals surface area contributed by atoms with Crippen LogP contribution in [0.5, 0.6) is 0 Å². The van der Waals surface area contributed by atoms with Gasteiger partial charge in [0.15, 0.2) is 11.9 Å².